The number of alkyl halides is 4. The van der Waals surface area contributed by atoms with Crippen LogP contribution in [-0.4, -0.2) is 25.6 Å². The van der Waals surface area contributed by atoms with Gasteiger partial charge in [-0.25, -0.2) is 0 Å². The van der Waals surface area contributed by atoms with Gasteiger partial charge in [0, 0.05) is 6.04 Å². The van der Waals surface area contributed by atoms with Crippen molar-refractivity contribution in [1.82, 2.24) is 0 Å². The number of halogens is 4. The zero-order valence-electron chi connectivity index (χ0n) is 12.3. The molecule has 4 nitrogen and oxygen atoms in total. The molecule has 0 aliphatic rings. The van der Waals surface area contributed by atoms with E-state index in [1.54, 1.807) is 13.8 Å². The van der Waals surface area contributed by atoms with Crippen molar-refractivity contribution >= 4 is 5.97 Å². The molecule has 1 atom stereocenters. The van der Waals surface area contributed by atoms with E-state index in [2.05, 4.69) is 9.47 Å². The first-order valence-electron chi connectivity index (χ1n) is 6.31. The molecule has 8 heteroatoms. The lowest BCUT2D eigenvalue weighted by Crippen LogP contribution is -2.37. The molecule has 0 unspecified atom stereocenters. The van der Waals surface area contributed by atoms with E-state index < -0.39 is 35.7 Å². The predicted molar refractivity (Wildman–Crippen MR) is 70.7 cm³/mol. The Morgan fingerprint density at radius 1 is 1.18 bits per heavy atom. The molecule has 0 heterocycles. The molecule has 2 N–H and O–H groups in total. The number of benzene rings is 1. The minimum atomic E-state index is -4.57. The van der Waals surface area contributed by atoms with Crippen LogP contribution in [0, 0.1) is 5.41 Å². The van der Waals surface area contributed by atoms with Crippen molar-refractivity contribution in [3.63, 3.8) is 0 Å². The quantitative estimate of drug-likeness (QED) is 0.645. The maximum atomic E-state index is 12.8. The number of methoxy groups -OCH3 is 1. The van der Waals surface area contributed by atoms with Crippen LogP contribution < -0.4 is 10.5 Å². The summed E-state index contributed by atoms with van der Waals surface area (Å²) in [6.07, 6.45) is -8.51. The molecule has 1 rings (SSSR count). The molecule has 22 heavy (non-hydrogen) atoms. The van der Waals surface area contributed by atoms with E-state index in [4.69, 9.17) is 5.73 Å². The van der Waals surface area contributed by atoms with Gasteiger partial charge in [0.25, 0.3) is 0 Å². The number of hydrogen-bond acceptors (Lipinski definition) is 4. The minimum absolute atomic E-state index is 0.433. The molecule has 0 spiro atoms. The van der Waals surface area contributed by atoms with E-state index in [1.165, 1.54) is 19.2 Å². The fourth-order valence-electron chi connectivity index (χ4n) is 1.75. The topological polar surface area (TPSA) is 61.5 Å². The molecular weight excluding hydrogens is 306 g/mol. The smallest absolute Gasteiger partial charge is 0.461 e. The van der Waals surface area contributed by atoms with Crippen LogP contribution in [0.4, 0.5) is 17.6 Å². The Labute approximate surface area is 125 Å². The number of carbonyl (C=O) groups is 1. The molecule has 0 saturated carbocycles. The number of rotatable bonds is 6. The van der Waals surface area contributed by atoms with Gasteiger partial charge in [0.05, 0.1) is 12.5 Å². The Balaban J connectivity index is 2.91. The third-order valence-corrected chi connectivity index (χ3v) is 3.24. The molecule has 0 aliphatic carbocycles. The zero-order chi connectivity index (χ0) is 17.1. The first-order valence-corrected chi connectivity index (χ1v) is 6.31. The summed E-state index contributed by atoms with van der Waals surface area (Å²) in [5, 5.41) is 0. The van der Waals surface area contributed by atoms with Gasteiger partial charge in [0.2, 0.25) is 0 Å². The summed E-state index contributed by atoms with van der Waals surface area (Å²) in [7, 11) is 1.22. The number of carbonyl (C=O) groups excluding carboxylic acids is 1. The summed E-state index contributed by atoms with van der Waals surface area (Å²) in [5.74, 6) is -0.971. The van der Waals surface area contributed by atoms with E-state index in [1.807, 2.05) is 0 Å². The molecule has 0 radical (unpaired) electrons. The van der Waals surface area contributed by atoms with Crippen LogP contribution >= 0.6 is 0 Å². The fourth-order valence-corrected chi connectivity index (χ4v) is 1.75. The van der Waals surface area contributed by atoms with Gasteiger partial charge in [-0.1, -0.05) is 12.1 Å². The van der Waals surface area contributed by atoms with Gasteiger partial charge >= 0.3 is 18.5 Å². The van der Waals surface area contributed by atoms with E-state index in [0.717, 1.165) is 12.1 Å². The van der Waals surface area contributed by atoms with Crippen molar-refractivity contribution in [2.24, 2.45) is 11.1 Å². The van der Waals surface area contributed by atoms with Crippen LogP contribution in [0.5, 0.6) is 5.75 Å². The summed E-state index contributed by atoms with van der Waals surface area (Å²) >= 11 is 0. The zero-order valence-corrected chi connectivity index (χ0v) is 12.3. The molecule has 0 saturated heterocycles. The van der Waals surface area contributed by atoms with E-state index in [0.29, 0.717) is 5.56 Å². The first kappa shape index (κ1) is 18.2. The van der Waals surface area contributed by atoms with Crippen LogP contribution in [0.2, 0.25) is 0 Å². The van der Waals surface area contributed by atoms with Crippen LogP contribution in [0.15, 0.2) is 24.3 Å². The molecule has 0 aliphatic heterocycles. The molecule has 1 aromatic carbocycles. The van der Waals surface area contributed by atoms with Crippen molar-refractivity contribution in [2.75, 3.05) is 7.11 Å². The van der Waals surface area contributed by atoms with Crippen LogP contribution in [0.3, 0.4) is 0 Å². The first-order chi connectivity index (χ1) is 10.0. The monoisotopic (exact) mass is 323 g/mol. The Bertz CT molecular complexity index is 517. The van der Waals surface area contributed by atoms with Crippen LogP contribution in [0.25, 0.3) is 0 Å². The molecule has 1 aromatic rings. The second-order valence-corrected chi connectivity index (χ2v) is 5.22. The summed E-state index contributed by atoms with van der Waals surface area (Å²) < 4.78 is 58.2. The van der Waals surface area contributed by atoms with Gasteiger partial charge in [-0.15, -0.1) is 0 Å². The highest BCUT2D eigenvalue weighted by Gasteiger charge is 2.44. The van der Waals surface area contributed by atoms with Gasteiger partial charge in [0.1, 0.15) is 5.75 Å². The molecular formula is C14H17F4NO3. The summed E-state index contributed by atoms with van der Waals surface area (Å²) in [4.78, 5) is 11.7. The molecule has 0 amide bonds. The number of hydrogen-bond donors (Lipinski definition) is 1. The number of nitrogens with two attached hydrogens (primary N) is 1. The SMILES string of the molecule is COC(=O)C(C)(C)[C@@H](N)c1ccc(OC(F)(F)C(F)F)cc1. The molecule has 0 bridgehead atoms. The predicted octanol–water partition coefficient (Wildman–Crippen LogP) is 3.12. The standard InChI is InChI=1S/C14H17F4NO3/c1-13(2,12(20)21-3)10(19)8-4-6-9(7-5-8)22-14(17,18)11(15)16/h4-7,10-11H,19H2,1-3H3/t10-/m0/s1. The number of ether oxygens (including phenoxy) is 2. The third-order valence-electron chi connectivity index (χ3n) is 3.24. The van der Waals surface area contributed by atoms with Crippen molar-refractivity contribution in [3.05, 3.63) is 29.8 Å². The average Bonchev–Trinajstić information content (AvgIpc) is 2.45. The lowest BCUT2D eigenvalue weighted by molar-refractivity contribution is -0.253. The van der Waals surface area contributed by atoms with E-state index in [-0.39, 0.29) is 0 Å². The summed E-state index contributed by atoms with van der Waals surface area (Å²) in [6, 6.07) is 4.04. The largest absolute Gasteiger partial charge is 0.469 e. The Morgan fingerprint density at radius 3 is 2.09 bits per heavy atom. The van der Waals surface area contributed by atoms with Gasteiger partial charge in [0.15, 0.2) is 0 Å². The Kier molecular flexibility index (Phi) is 5.39. The Hall–Kier alpha value is -1.83. The van der Waals surface area contributed by atoms with Crippen LogP contribution in [-0.2, 0) is 9.53 Å². The summed E-state index contributed by atoms with van der Waals surface area (Å²) in [6.45, 7) is 3.14. The van der Waals surface area contributed by atoms with E-state index >= 15 is 0 Å². The molecule has 0 fully saturated rings. The highest BCUT2D eigenvalue weighted by Crippen LogP contribution is 2.34. The van der Waals surface area contributed by atoms with E-state index in [9.17, 15) is 22.4 Å². The van der Waals surface area contributed by atoms with Gasteiger partial charge < -0.3 is 15.2 Å². The van der Waals surface area contributed by atoms with Gasteiger partial charge in [-0.05, 0) is 31.5 Å². The molecule has 124 valence electrons. The highest BCUT2D eigenvalue weighted by atomic mass is 19.3. The van der Waals surface area contributed by atoms with Gasteiger partial charge in [-0.2, -0.15) is 17.6 Å². The summed E-state index contributed by atoms with van der Waals surface area (Å²) in [5.41, 5.74) is 5.36. The maximum Gasteiger partial charge on any atom is 0.461 e. The lowest BCUT2D eigenvalue weighted by Gasteiger charge is -2.29. The average molecular weight is 323 g/mol. The van der Waals surface area contributed by atoms with Crippen molar-refractivity contribution in [3.8, 4) is 5.75 Å². The normalized spacial score (nSPS) is 13.9. The minimum Gasteiger partial charge on any atom is -0.469 e. The molecule has 0 aromatic heterocycles. The van der Waals surface area contributed by atoms with Crippen molar-refractivity contribution < 1.29 is 31.8 Å². The highest BCUT2D eigenvalue weighted by molar-refractivity contribution is 5.77. The number of esters is 1. The van der Waals surface area contributed by atoms with Gasteiger partial charge in [-0.3, -0.25) is 4.79 Å². The third kappa shape index (κ3) is 3.88. The second-order valence-electron chi connectivity index (χ2n) is 5.22. The van der Waals surface area contributed by atoms with Crippen molar-refractivity contribution in [2.45, 2.75) is 32.4 Å². The Morgan fingerprint density at radius 2 is 1.68 bits per heavy atom. The fraction of sp³-hybridized carbons (Fsp3) is 0.500. The lowest BCUT2D eigenvalue weighted by atomic mass is 9.81. The van der Waals surface area contributed by atoms with Crippen LogP contribution in [0.1, 0.15) is 25.5 Å². The maximum absolute atomic E-state index is 12.8. The second kappa shape index (κ2) is 6.51. The van der Waals surface area contributed by atoms with Crippen molar-refractivity contribution in [1.29, 1.82) is 0 Å².